The summed E-state index contributed by atoms with van der Waals surface area (Å²) in [6.45, 7) is 1.84. The number of benzene rings is 1. The molecule has 22 heavy (non-hydrogen) atoms. The molecule has 2 aliphatic rings. The smallest absolute Gasteiger partial charge is 0.293 e. The molecule has 0 spiro atoms. The van der Waals surface area contributed by atoms with Crippen LogP contribution < -0.4 is 5.73 Å². The number of nitriles is 2. The molecule has 0 bridgehead atoms. The van der Waals surface area contributed by atoms with Gasteiger partial charge in [-0.1, -0.05) is 37.3 Å². The maximum Gasteiger partial charge on any atom is 0.293 e. The van der Waals surface area contributed by atoms with Crippen LogP contribution >= 0.6 is 0 Å². The van der Waals surface area contributed by atoms with Gasteiger partial charge in [0.05, 0.1) is 12.1 Å². The van der Waals surface area contributed by atoms with E-state index in [1.165, 1.54) is 14.2 Å². The Balaban J connectivity index is 2.36. The molecule has 0 aromatic heterocycles. The average molecular weight is 296 g/mol. The van der Waals surface area contributed by atoms with Gasteiger partial charge in [-0.25, -0.2) is 4.99 Å². The molecular formula is C16H16N4O2. The molecule has 6 heteroatoms. The maximum atomic E-state index is 9.99. The zero-order valence-electron chi connectivity index (χ0n) is 12.6. The van der Waals surface area contributed by atoms with Crippen molar-refractivity contribution in [1.29, 1.82) is 10.5 Å². The van der Waals surface area contributed by atoms with Crippen molar-refractivity contribution in [2.45, 2.75) is 18.2 Å². The van der Waals surface area contributed by atoms with Gasteiger partial charge in [-0.15, -0.1) is 0 Å². The molecule has 112 valence electrons. The minimum absolute atomic E-state index is 0.0756. The Morgan fingerprint density at radius 1 is 1.09 bits per heavy atom. The summed E-state index contributed by atoms with van der Waals surface area (Å²) in [6, 6.07) is 13.8. The van der Waals surface area contributed by atoms with Gasteiger partial charge in [0.15, 0.2) is 10.8 Å². The van der Waals surface area contributed by atoms with Gasteiger partial charge in [0.25, 0.3) is 5.91 Å². The van der Waals surface area contributed by atoms with E-state index in [1.54, 1.807) is 0 Å². The van der Waals surface area contributed by atoms with Crippen molar-refractivity contribution >= 4 is 5.84 Å². The van der Waals surface area contributed by atoms with E-state index in [0.717, 1.165) is 5.56 Å². The van der Waals surface area contributed by atoms with Gasteiger partial charge in [0.2, 0.25) is 0 Å². The summed E-state index contributed by atoms with van der Waals surface area (Å²) >= 11 is 0. The summed E-state index contributed by atoms with van der Waals surface area (Å²) in [6.07, 6.45) is 0. The molecule has 0 amide bonds. The van der Waals surface area contributed by atoms with E-state index in [2.05, 4.69) is 17.1 Å². The van der Waals surface area contributed by atoms with Crippen LogP contribution in [0.15, 0.2) is 35.3 Å². The van der Waals surface area contributed by atoms with Crippen molar-refractivity contribution in [1.82, 2.24) is 0 Å². The van der Waals surface area contributed by atoms with E-state index < -0.39 is 22.2 Å². The molecule has 1 saturated carbocycles. The fourth-order valence-corrected chi connectivity index (χ4v) is 4.25. The molecule has 6 nitrogen and oxygen atoms in total. The molecular weight excluding hydrogens is 280 g/mol. The van der Waals surface area contributed by atoms with E-state index in [4.69, 9.17) is 15.2 Å². The largest absolute Gasteiger partial charge is 0.386 e. The molecule has 0 radical (unpaired) electrons. The predicted molar refractivity (Wildman–Crippen MR) is 78.3 cm³/mol. The number of hydrogen-bond acceptors (Lipinski definition) is 6. The number of rotatable bonds is 3. The lowest BCUT2D eigenvalue weighted by Crippen LogP contribution is -2.44. The van der Waals surface area contributed by atoms with Gasteiger partial charge in [-0.05, 0) is 5.56 Å². The molecule has 2 N–H and O–H groups in total. The van der Waals surface area contributed by atoms with E-state index in [9.17, 15) is 10.5 Å². The zero-order chi connectivity index (χ0) is 16.2. The Bertz CT molecular complexity index is 744. The minimum Gasteiger partial charge on any atom is -0.386 e. The van der Waals surface area contributed by atoms with E-state index >= 15 is 0 Å². The lowest BCUT2D eigenvalue weighted by Gasteiger charge is -2.32. The van der Waals surface area contributed by atoms with Crippen LogP contribution in [0.4, 0.5) is 0 Å². The SMILES string of the molecule is COC1(OC)N=C(N)[C@]2(C#N)[C@](C)(c3ccccc3)[C@]12C#N. The Kier molecular flexibility index (Phi) is 2.69. The van der Waals surface area contributed by atoms with Crippen molar-refractivity contribution in [2.75, 3.05) is 14.2 Å². The second-order valence-corrected chi connectivity index (χ2v) is 5.70. The molecule has 1 fully saturated rings. The summed E-state index contributed by atoms with van der Waals surface area (Å²) < 4.78 is 10.9. The molecule has 0 unspecified atom stereocenters. The topological polar surface area (TPSA) is 104 Å². The molecule has 3 atom stereocenters. The molecule has 1 aromatic rings. The van der Waals surface area contributed by atoms with Gasteiger partial charge in [-0.3, -0.25) is 0 Å². The van der Waals surface area contributed by atoms with Crippen molar-refractivity contribution in [3.63, 3.8) is 0 Å². The molecule has 1 aromatic carbocycles. The lowest BCUT2D eigenvalue weighted by atomic mass is 9.84. The van der Waals surface area contributed by atoms with Crippen LogP contribution in [0.25, 0.3) is 0 Å². The van der Waals surface area contributed by atoms with Gasteiger partial charge in [-0.2, -0.15) is 10.5 Å². The van der Waals surface area contributed by atoms with Crippen molar-refractivity contribution < 1.29 is 9.47 Å². The monoisotopic (exact) mass is 296 g/mol. The number of hydrogen-bond donors (Lipinski definition) is 1. The van der Waals surface area contributed by atoms with Crippen molar-refractivity contribution in [2.24, 2.45) is 21.6 Å². The summed E-state index contributed by atoms with van der Waals surface area (Å²) in [4.78, 5) is 4.20. The number of ether oxygens (including phenoxy) is 2. The van der Waals surface area contributed by atoms with E-state index in [-0.39, 0.29) is 5.84 Å². The molecule has 1 heterocycles. The first-order valence-corrected chi connectivity index (χ1v) is 6.82. The van der Waals surface area contributed by atoms with Crippen LogP contribution in [0.5, 0.6) is 0 Å². The highest BCUT2D eigenvalue weighted by atomic mass is 16.7. The fourth-order valence-electron chi connectivity index (χ4n) is 4.25. The first-order valence-electron chi connectivity index (χ1n) is 6.82. The normalized spacial score (nSPS) is 37.6. The van der Waals surface area contributed by atoms with Gasteiger partial charge < -0.3 is 15.2 Å². The summed E-state index contributed by atoms with van der Waals surface area (Å²) in [7, 11) is 2.80. The van der Waals surface area contributed by atoms with Crippen LogP contribution in [-0.2, 0) is 14.9 Å². The average Bonchev–Trinajstić information content (AvgIpc) is 2.98. The highest BCUT2D eigenvalue weighted by Gasteiger charge is 2.99. The standard InChI is InChI=1S/C16H16N4O2/c1-13(11-7-5-4-6-8-11)14(9-17)12(19)20-16(21-2,22-3)15(13,14)10-18/h4-8H,1-3H3,(H2,19,20)/t13-,14+,15-/m0/s1. The summed E-state index contributed by atoms with van der Waals surface area (Å²) in [5, 5.41) is 19.9. The lowest BCUT2D eigenvalue weighted by molar-refractivity contribution is -0.233. The van der Waals surface area contributed by atoms with Crippen LogP contribution in [0, 0.1) is 33.5 Å². The highest BCUT2D eigenvalue weighted by molar-refractivity contribution is 6.02. The molecule has 1 aliphatic heterocycles. The highest BCUT2D eigenvalue weighted by Crippen LogP contribution is 2.85. The first-order chi connectivity index (χ1) is 10.5. The van der Waals surface area contributed by atoms with Crippen molar-refractivity contribution in [3.05, 3.63) is 35.9 Å². The molecule has 0 saturated heterocycles. The van der Waals surface area contributed by atoms with Crippen LogP contribution in [0.3, 0.4) is 0 Å². The third-order valence-electron chi connectivity index (χ3n) is 5.37. The first kappa shape index (κ1) is 14.5. The van der Waals surface area contributed by atoms with Gasteiger partial charge >= 0.3 is 0 Å². The minimum atomic E-state index is -1.59. The van der Waals surface area contributed by atoms with E-state index in [1.807, 2.05) is 37.3 Å². The Hall–Kier alpha value is -2.41. The summed E-state index contributed by atoms with van der Waals surface area (Å²) in [5.74, 6) is -1.52. The van der Waals surface area contributed by atoms with Gasteiger partial charge in [0, 0.05) is 19.6 Å². The number of nitrogens with zero attached hydrogens (tertiary/aromatic N) is 3. The van der Waals surface area contributed by atoms with Gasteiger partial charge in [0.1, 0.15) is 5.84 Å². The molecule has 1 aliphatic carbocycles. The van der Waals surface area contributed by atoms with Crippen molar-refractivity contribution in [3.8, 4) is 12.1 Å². The second-order valence-electron chi connectivity index (χ2n) is 5.70. The third-order valence-corrected chi connectivity index (χ3v) is 5.37. The predicted octanol–water partition coefficient (Wildman–Crippen LogP) is 1.30. The second kappa shape index (κ2) is 4.07. The number of amidine groups is 1. The number of aliphatic imine (C=N–C) groups is 1. The quantitative estimate of drug-likeness (QED) is 0.846. The van der Waals surface area contributed by atoms with Crippen LogP contribution in [-0.4, -0.2) is 26.0 Å². The van der Waals surface area contributed by atoms with Crippen LogP contribution in [0.1, 0.15) is 12.5 Å². The Labute approximate surface area is 128 Å². The fraction of sp³-hybridized carbons (Fsp3) is 0.438. The Morgan fingerprint density at radius 2 is 1.68 bits per heavy atom. The third kappa shape index (κ3) is 1.03. The van der Waals surface area contributed by atoms with Crippen LogP contribution in [0.2, 0.25) is 0 Å². The molecule has 3 rings (SSSR count). The summed E-state index contributed by atoms with van der Waals surface area (Å²) in [5.41, 5.74) is 3.43. The maximum absolute atomic E-state index is 9.99. The zero-order valence-corrected chi connectivity index (χ0v) is 12.6. The number of nitrogens with two attached hydrogens (primary N) is 1. The van der Waals surface area contributed by atoms with E-state index in [0.29, 0.717) is 0 Å². The number of fused-ring (bicyclic) bond motifs is 1. The number of methoxy groups -OCH3 is 2. The Morgan fingerprint density at radius 3 is 2.14 bits per heavy atom.